The first-order valence-corrected chi connectivity index (χ1v) is 13.5. The summed E-state index contributed by atoms with van der Waals surface area (Å²) in [5.41, 5.74) is 4.26. The van der Waals surface area contributed by atoms with Gasteiger partial charge in [-0.3, -0.25) is 14.5 Å². The van der Waals surface area contributed by atoms with Gasteiger partial charge in [-0.1, -0.05) is 91.0 Å². The van der Waals surface area contributed by atoms with Crippen LogP contribution in [0.5, 0.6) is 5.75 Å². The highest BCUT2D eigenvalue weighted by Gasteiger charge is 2.29. The second kappa shape index (κ2) is 12.9. The van der Waals surface area contributed by atoms with Gasteiger partial charge >= 0.3 is 0 Å². The van der Waals surface area contributed by atoms with Crippen LogP contribution in [-0.4, -0.2) is 54.9 Å². The SMILES string of the molecule is COc1ccccc1C=CC(=O)Nc1ccccc1C(=O)N1CCN(C(c2ccccc2)c2ccccc2)CC1. The van der Waals surface area contributed by atoms with Crippen LogP contribution < -0.4 is 10.1 Å². The van der Waals surface area contributed by atoms with Crippen molar-refractivity contribution >= 4 is 23.6 Å². The van der Waals surface area contributed by atoms with E-state index in [0.717, 1.165) is 18.7 Å². The molecule has 4 aromatic rings. The van der Waals surface area contributed by atoms with E-state index in [1.165, 1.54) is 17.2 Å². The molecule has 5 rings (SSSR count). The Balaban J connectivity index is 1.27. The molecule has 40 heavy (non-hydrogen) atoms. The van der Waals surface area contributed by atoms with Gasteiger partial charge in [0.05, 0.1) is 24.4 Å². The molecule has 202 valence electrons. The molecule has 0 atom stereocenters. The van der Waals surface area contributed by atoms with Gasteiger partial charge in [-0.05, 0) is 35.4 Å². The highest BCUT2D eigenvalue weighted by Crippen LogP contribution is 2.30. The zero-order valence-corrected chi connectivity index (χ0v) is 22.6. The number of anilines is 1. The number of carbonyl (C=O) groups is 2. The second-order valence-electron chi connectivity index (χ2n) is 9.66. The molecule has 0 aromatic heterocycles. The lowest BCUT2D eigenvalue weighted by Gasteiger charge is -2.40. The Kier molecular flexibility index (Phi) is 8.69. The molecule has 0 aliphatic carbocycles. The fraction of sp³-hybridized carbons (Fsp3) is 0.176. The van der Waals surface area contributed by atoms with Crippen LogP contribution >= 0.6 is 0 Å². The second-order valence-corrected chi connectivity index (χ2v) is 9.66. The van der Waals surface area contributed by atoms with Crippen LogP contribution in [0.25, 0.3) is 6.08 Å². The first-order chi connectivity index (χ1) is 19.6. The Bertz CT molecular complexity index is 1420. The molecule has 0 spiro atoms. The van der Waals surface area contributed by atoms with E-state index >= 15 is 0 Å². The molecular formula is C34H33N3O3. The van der Waals surface area contributed by atoms with Crippen molar-refractivity contribution in [3.05, 3.63) is 138 Å². The molecule has 0 bridgehead atoms. The van der Waals surface area contributed by atoms with E-state index < -0.39 is 0 Å². The average molecular weight is 532 g/mol. The molecule has 0 radical (unpaired) electrons. The third-order valence-electron chi connectivity index (χ3n) is 7.17. The smallest absolute Gasteiger partial charge is 0.256 e. The number of rotatable bonds is 8. The van der Waals surface area contributed by atoms with Crippen LogP contribution in [0.15, 0.2) is 115 Å². The number of amides is 2. The lowest BCUT2D eigenvalue weighted by atomic mass is 9.96. The van der Waals surface area contributed by atoms with Crippen LogP contribution in [0.1, 0.15) is 33.1 Å². The van der Waals surface area contributed by atoms with Crippen molar-refractivity contribution in [1.82, 2.24) is 9.80 Å². The first-order valence-electron chi connectivity index (χ1n) is 13.5. The summed E-state index contributed by atoms with van der Waals surface area (Å²) in [5, 5.41) is 2.88. The first kappa shape index (κ1) is 26.9. The van der Waals surface area contributed by atoms with Gasteiger partial charge in [0, 0.05) is 37.8 Å². The Morgan fingerprint density at radius 2 is 1.32 bits per heavy atom. The van der Waals surface area contributed by atoms with Crippen molar-refractivity contribution in [3.8, 4) is 5.75 Å². The number of para-hydroxylation sites is 2. The summed E-state index contributed by atoms with van der Waals surface area (Å²) in [6.07, 6.45) is 3.15. The number of nitrogens with zero attached hydrogens (tertiary/aromatic N) is 2. The van der Waals surface area contributed by atoms with Crippen molar-refractivity contribution in [3.63, 3.8) is 0 Å². The topological polar surface area (TPSA) is 61.9 Å². The minimum atomic E-state index is -0.315. The molecule has 0 unspecified atom stereocenters. The predicted molar refractivity (Wildman–Crippen MR) is 159 cm³/mol. The van der Waals surface area contributed by atoms with Gasteiger partial charge in [-0.15, -0.1) is 0 Å². The molecule has 1 heterocycles. The normalized spacial score (nSPS) is 13.9. The molecular weight excluding hydrogens is 498 g/mol. The van der Waals surface area contributed by atoms with Crippen LogP contribution in [0.4, 0.5) is 5.69 Å². The van der Waals surface area contributed by atoms with Crippen molar-refractivity contribution in [2.45, 2.75) is 6.04 Å². The monoisotopic (exact) mass is 531 g/mol. The molecule has 2 amide bonds. The maximum atomic E-state index is 13.6. The van der Waals surface area contributed by atoms with Gasteiger partial charge in [0.25, 0.3) is 5.91 Å². The third-order valence-corrected chi connectivity index (χ3v) is 7.17. The van der Waals surface area contributed by atoms with Crippen LogP contribution in [0.2, 0.25) is 0 Å². The van der Waals surface area contributed by atoms with Crippen molar-refractivity contribution in [1.29, 1.82) is 0 Å². The van der Waals surface area contributed by atoms with E-state index in [0.29, 0.717) is 30.1 Å². The zero-order chi connectivity index (χ0) is 27.7. The number of benzene rings is 4. The minimum absolute atomic E-state index is 0.0831. The molecule has 1 saturated heterocycles. The summed E-state index contributed by atoms with van der Waals surface area (Å²) >= 11 is 0. The van der Waals surface area contributed by atoms with E-state index in [1.54, 1.807) is 25.3 Å². The van der Waals surface area contributed by atoms with Crippen LogP contribution in [0.3, 0.4) is 0 Å². The Labute approximate surface area is 235 Å². The number of hydrogen-bond donors (Lipinski definition) is 1. The summed E-state index contributed by atoms with van der Waals surface area (Å²) in [4.78, 5) is 30.7. The van der Waals surface area contributed by atoms with E-state index in [1.807, 2.05) is 53.4 Å². The van der Waals surface area contributed by atoms with E-state index in [-0.39, 0.29) is 17.9 Å². The van der Waals surface area contributed by atoms with Gasteiger partial charge in [0.15, 0.2) is 0 Å². The van der Waals surface area contributed by atoms with Crippen molar-refractivity contribution < 1.29 is 14.3 Å². The van der Waals surface area contributed by atoms with Crippen molar-refractivity contribution in [2.75, 3.05) is 38.6 Å². The summed E-state index contributed by atoms with van der Waals surface area (Å²) < 4.78 is 5.35. The largest absolute Gasteiger partial charge is 0.496 e. The molecule has 6 heteroatoms. The predicted octanol–water partition coefficient (Wildman–Crippen LogP) is 5.89. The fourth-order valence-corrected chi connectivity index (χ4v) is 5.16. The van der Waals surface area contributed by atoms with Gasteiger partial charge in [-0.25, -0.2) is 0 Å². The molecule has 1 fully saturated rings. The van der Waals surface area contributed by atoms with Crippen LogP contribution in [0, 0.1) is 0 Å². The van der Waals surface area contributed by atoms with Gasteiger partial charge < -0.3 is 15.0 Å². The molecule has 1 aliphatic heterocycles. The summed E-state index contributed by atoms with van der Waals surface area (Å²) in [5.74, 6) is 0.285. The number of piperazine rings is 1. The Hall–Kier alpha value is -4.68. The van der Waals surface area contributed by atoms with E-state index in [9.17, 15) is 9.59 Å². The Morgan fingerprint density at radius 3 is 1.98 bits per heavy atom. The summed E-state index contributed by atoms with van der Waals surface area (Å²) in [6.45, 7) is 2.70. The average Bonchev–Trinajstić information content (AvgIpc) is 3.02. The lowest BCUT2D eigenvalue weighted by Crippen LogP contribution is -2.50. The highest BCUT2D eigenvalue weighted by atomic mass is 16.5. The number of nitrogens with one attached hydrogen (secondary N) is 1. The molecule has 6 nitrogen and oxygen atoms in total. The highest BCUT2D eigenvalue weighted by molar-refractivity contribution is 6.07. The maximum Gasteiger partial charge on any atom is 0.256 e. The lowest BCUT2D eigenvalue weighted by molar-refractivity contribution is -0.111. The van der Waals surface area contributed by atoms with E-state index in [4.69, 9.17) is 4.74 Å². The van der Waals surface area contributed by atoms with Gasteiger partial charge in [0.2, 0.25) is 5.91 Å². The fourth-order valence-electron chi connectivity index (χ4n) is 5.16. The number of hydrogen-bond acceptors (Lipinski definition) is 4. The zero-order valence-electron chi connectivity index (χ0n) is 22.6. The number of ether oxygens (including phenoxy) is 1. The Morgan fingerprint density at radius 1 is 0.750 bits per heavy atom. The summed E-state index contributed by atoms with van der Waals surface area (Å²) in [6, 6.07) is 35.8. The van der Waals surface area contributed by atoms with Crippen LogP contribution in [-0.2, 0) is 4.79 Å². The number of carbonyl (C=O) groups excluding carboxylic acids is 2. The van der Waals surface area contributed by atoms with Crippen molar-refractivity contribution in [2.24, 2.45) is 0 Å². The molecule has 1 N–H and O–H groups in total. The molecule has 0 saturated carbocycles. The standard InChI is InChI=1S/C34H33N3O3/c1-40-31-19-11-8-12-26(31)20-21-32(38)35-30-18-10-9-17-29(30)34(39)37-24-22-36(23-25-37)33(27-13-4-2-5-14-27)28-15-6-3-7-16-28/h2-21,33H,22-25H2,1H3,(H,35,38). The quantitative estimate of drug-likeness (QED) is 0.288. The molecule has 1 aliphatic rings. The van der Waals surface area contributed by atoms with Gasteiger partial charge in [-0.2, -0.15) is 0 Å². The van der Waals surface area contributed by atoms with E-state index in [2.05, 4.69) is 58.7 Å². The summed E-state index contributed by atoms with van der Waals surface area (Å²) in [7, 11) is 1.60. The minimum Gasteiger partial charge on any atom is -0.496 e. The van der Waals surface area contributed by atoms with Gasteiger partial charge in [0.1, 0.15) is 5.75 Å². The molecule has 4 aromatic carbocycles. The number of methoxy groups -OCH3 is 1. The third kappa shape index (κ3) is 6.30. The maximum absolute atomic E-state index is 13.6.